The van der Waals surface area contributed by atoms with E-state index in [0.717, 1.165) is 22.1 Å². The number of nitrogens with two attached hydrogens (primary N) is 1. The fraction of sp³-hybridized carbons (Fsp3) is 0.462. The van der Waals surface area contributed by atoms with Crippen LogP contribution in [0.3, 0.4) is 0 Å². The second-order valence-electron chi connectivity index (χ2n) is 4.40. The molecule has 1 unspecified atom stereocenters. The summed E-state index contributed by atoms with van der Waals surface area (Å²) in [5.74, 6) is 0.100. The molecule has 0 aliphatic heterocycles. The highest BCUT2D eigenvalue weighted by molar-refractivity contribution is 9.10. The molecular weight excluding hydrogens is 280 g/mol. The number of rotatable bonds is 4. The number of amides is 1. The van der Waals surface area contributed by atoms with Gasteiger partial charge in [0, 0.05) is 29.7 Å². The van der Waals surface area contributed by atoms with E-state index in [1.807, 2.05) is 32.0 Å². The summed E-state index contributed by atoms with van der Waals surface area (Å²) in [5, 5.41) is 0. The van der Waals surface area contributed by atoms with Gasteiger partial charge in [-0.2, -0.15) is 0 Å². The maximum atomic E-state index is 12.0. The standard InChI is InChI=1S/C13H19BrN2O/c1-9-4-6-11(14)8-12(9)16(3)13(17)7-5-10(2)15/h4,6,8,10H,5,7,15H2,1-3H3. The third-order valence-electron chi connectivity index (χ3n) is 2.72. The Labute approximate surface area is 111 Å². The van der Waals surface area contributed by atoms with Gasteiger partial charge in [-0.05, 0) is 38.0 Å². The van der Waals surface area contributed by atoms with Crippen molar-refractivity contribution < 1.29 is 4.79 Å². The fourth-order valence-corrected chi connectivity index (χ4v) is 1.95. The monoisotopic (exact) mass is 298 g/mol. The van der Waals surface area contributed by atoms with E-state index in [0.29, 0.717) is 6.42 Å². The number of benzene rings is 1. The van der Waals surface area contributed by atoms with Gasteiger partial charge in [0.05, 0.1) is 0 Å². The van der Waals surface area contributed by atoms with Crippen molar-refractivity contribution in [3.05, 3.63) is 28.2 Å². The van der Waals surface area contributed by atoms with Crippen LogP contribution in [0.15, 0.2) is 22.7 Å². The Kier molecular flexibility index (Phi) is 5.15. The van der Waals surface area contributed by atoms with Crippen LogP contribution >= 0.6 is 15.9 Å². The van der Waals surface area contributed by atoms with Crippen LogP contribution < -0.4 is 10.6 Å². The van der Waals surface area contributed by atoms with Crippen molar-refractivity contribution in [1.29, 1.82) is 0 Å². The van der Waals surface area contributed by atoms with Crippen LogP contribution in [0.1, 0.15) is 25.3 Å². The lowest BCUT2D eigenvalue weighted by atomic mass is 10.1. The fourth-order valence-electron chi connectivity index (χ4n) is 1.60. The van der Waals surface area contributed by atoms with Crippen LogP contribution in [-0.2, 0) is 4.79 Å². The summed E-state index contributed by atoms with van der Waals surface area (Å²) in [6, 6.07) is 5.99. The molecule has 0 spiro atoms. The number of anilines is 1. The van der Waals surface area contributed by atoms with Crippen molar-refractivity contribution in [2.75, 3.05) is 11.9 Å². The lowest BCUT2D eigenvalue weighted by molar-refractivity contribution is -0.118. The molecule has 0 radical (unpaired) electrons. The Hall–Kier alpha value is -0.870. The second-order valence-corrected chi connectivity index (χ2v) is 5.32. The molecule has 0 saturated carbocycles. The van der Waals surface area contributed by atoms with Gasteiger partial charge in [0.1, 0.15) is 0 Å². The lowest BCUT2D eigenvalue weighted by Crippen LogP contribution is -2.28. The normalized spacial score (nSPS) is 12.3. The van der Waals surface area contributed by atoms with Gasteiger partial charge in [-0.1, -0.05) is 22.0 Å². The van der Waals surface area contributed by atoms with E-state index < -0.39 is 0 Å². The Bertz CT molecular complexity index is 404. The zero-order valence-electron chi connectivity index (χ0n) is 10.5. The van der Waals surface area contributed by atoms with Crippen molar-refractivity contribution >= 4 is 27.5 Å². The summed E-state index contributed by atoms with van der Waals surface area (Å²) < 4.78 is 0.977. The average Bonchev–Trinajstić information content (AvgIpc) is 2.28. The first-order chi connectivity index (χ1) is 7.91. The summed E-state index contributed by atoms with van der Waals surface area (Å²) in [7, 11) is 1.80. The van der Waals surface area contributed by atoms with Crippen LogP contribution in [0.5, 0.6) is 0 Å². The van der Waals surface area contributed by atoms with Crippen molar-refractivity contribution in [3.8, 4) is 0 Å². The molecule has 4 heteroatoms. The van der Waals surface area contributed by atoms with Gasteiger partial charge in [-0.15, -0.1) is 0 Å². The van der Waals surface area contributed by atoms with Gasteiger partial charge < -0.3 is 10.6 Å². The Morgan fingerprint density at radius 1 is 1.53 bits per heavy atom. The average molecular weight is 299 g/mol. The van der Waals surface area contributed by atoms with E-state index in [1.165, 1.54) is 0 Å². The van der Waals surface area contributed by atoms with Gasteiger partial charge >= 0.3 is 0 Å². The molecule has 1 rings (SSSR count). The Morgan fingerprint density at radius 2 is 2.18 bits per heavy atom. The second kappa shape index (κ2) is 6.17. The molecule has 3 nitrogen and oxygen atoms in total. The van der Waals surface area contributed by atoms with Gasteiger partial charge in [-0.3, -0.25) is 4.79 Å². The summed E-state index contributed by atoms with van der Waals surface area (Å²) >= 11 is 3.42. The quantitative estimate of drug-likeness (QED) is 0.929. The maximum absolute atomic E-state index is 12.0. The molecule has 1 atom stereocenters. The SMILES string of the molecule is Cc1ccc(Br)cc1N(C)C(=O)CCC(C)N. The van der Waals surface area contributed by atoms with Crippen molar-refractivity contribution in [3.63, 3.8) is 0 Å². The Morgan fingerprint density at radius 3 is 2.76 bits per heavy atom. The minimum atomic E-state index is 0.0657. The number of carbonyl (C=O) groups excluding carboxylic acids is 1. The van der Waals surface area contributed by atoms with Crippen LogP contribution in [0.25, 0.3) is 0 Å². The first kappa shape index (κ1) is 14.2. The molecule has 94 valence electrons. The van der Waals surface area contributed by atoms with Crippen LogP contribution in [-0.4, -0.2) is 19.0 Å². The van der Waals surface area contributed by atoms with Gasteiger partial charge in [0.2, 0.25) is 5.91 Å². The summed E-state index contributed by atoms with van der Waals surface area (Å²) in [5.41, 5.74) is 7.68. The molecule has 1 aromatic rings. The highest BCUT2D eigenvalue weighted by atomic mass is 79.9. The van der Waals surface area contributed by atoms with Crippen LogP contribution in [0, 0.1) is 6.92 Å². The van der Waals surface area contributed by atoms with Gasteiger partial charge in [0.25, 0.3) is 0 Å². The number of halogens is 1. The first-order valence-corrected chi connectivity index (χ1v) is 6.49. The van der Waals surface area contributed by atoms with Crippen LogP contribution in [0.2, 0.25) is 0 Å². The zero-order valence-corrected chi connectivity index (χ0v) is 12.1. The minimum absolute atomic E-state index is 0.0657. The maximum Gasteiger partial charge on any atom is 0.226 e. The number of nitrogens with zero attached hydrogens (tertiary/aromatic N) is 1. The van der Waals surface area contributed by atoms with E-state index in [-0.39, 0.29) is 11.9 Å². The predicted octanol–water partition coefficient (Wildman–Crippen LogP) is 2.85. The van der Waals surface area contributed by atoms with E-state index >= 15 is 0 Å². The van der Waals surface area contributed by atoms with Gasteiger partial charge in [-0.25, -0.2) is 0 Å². The van der Waals surface area contributed by atoms with Crippen LogP contribution in [0.4, 0.5) is 5.69 Å². The number of carbonyl (C=O) groups is 1. The lowest BCUT2D eigenvalue weighted by Gasteiger charge is -2.20. The number of hydrogen-bond acceptors (Lipinski definition) is 2. The Balaban J connectivity index is 2.77. The van der Waals surface area contributed by atoms with Crippen molar-refractivity contribution in [1.82, 2.24) is 0 Å². The van der Waals surface area contributed by atoms with E-state index in [2.05, 4.69) is 15.9 Å². The number of hydrogen-bond donors (Lipinski definition) is 1. The molecule has 1 amide bonds. The largest absolute Gasteiger partial charge is 0.328 e. The molecule has 0 bridgehead atoms. The highest BCUT2D eigenvalue weighted by Gasteiger charge is 2.13. The van der Waals surface area contributed by atoms with Crippen molar-refractivity contribution in [2.45, 2.75) is 32.7 Å². The summed E-state index contributed by atoms with van der Waals surface area (Å²) in [6.07, 6.45) is 1.20. The highest BCUT2D eigenvalue weighted by Crippen LogP contribution is 2.24. The molecule has 0 saturated heterocycles. The van der Waals surface area contributed by atoms with E-state index in [4.69, 9.17) is 5.73 Å². The molecular formula is C13H19BrN2O. The summed E-state index contributed by atoms with van der Waals surface area (Å²) in [4.78, 5) is 13.7. The molecule has 0 fully saturated rings. The van der Waals surface area contributed by atoms with Crippen molar-refractivity contribution in [2.24, 2.45) is 5.73 Å². The molecule has 0 aliphatic carbocycles. The molecule has 0 heterocycles. The molecule has 0 aromatic heterocycles. The van der Waals surface area contributed by atoms with E-state index in [1.54, 1.807) is 11.9 Å². The summed E-state index contributed by atoms with van der Waals surface area (Å²) in [6.45, 7) is 3.91. The topological polar surface area (TPSA) is 46.3 Å². The van der Waals surface area contributed by atoms with Gasteiger partial charge in [0.15, 0.2) is 0 Å². The third kappa shape index (κ3) is 4.13. The molecule has 0 aliphatic rings. The number of aryl methyl sites for hydroxylation is 1. The molecule has 1 aromatic carbocycles. The molecule has 17 heavy (non-hydrogen) atoms. The predicted molar refractivity (Wildman–Crippen MR) is 75.2 cm³/mol. The minimum Gasteiger partial charge on any atom is -0.328 e. The third-order valence-corrected chi connectivity index (χ3v) is 3.21. The smallest absolute Gasteiger partial charge is 0.226 e. The zero-order chi connectivity index (χ0) is 13.0. The molecule has 2 N–H and O–H groups in total. The first-order valence-electron chi connectivity index (χ1n) is 5.70. The van der Waals surface area contributed by atoms with E-state index in [9.17, 15) is 4.79 Å².